The van der Waals surface area contributed by atoms with Crippen molar-refractivity contribution >= 4 is 12.1 Å². The summed E-state index contributed by atoms with van der Waals surface area (Å²) in [6.45, 7) is 0. The van der Waals surface area contributed by atoms with E-state index in [9.17, 15) is 4.79 Å². The van der Waals surface area contributed by atoms with Gasteiger partial charge in [-0.25, -0.2) is 4.79 Å². The Balaban J connectivity index is 0.000000541. The van der Waals surface area contributed by atoms with Crippen LogP contribution < -0.4 is 0 Å². The quantitative estimate of drug-likeness (QED) is 0.913. The summed E-state index contributed by atoms with van der Waals surface area (Å²) in [5.41, 5.74) is 2.06. The number of carboxylic acid groups (broad SMARTS) is 2. The SMILES string of the molecule is CN(C)C(=O)C(c1ccccc1)c1ccccc1.O=C(O)O. The average molecular weight is 301 g/mol. The van der Waals surface area contributed by atoms with E-state index in [4.69, 9.17) is 15.0 Å². The third-order valence-corrected chi connectivity index (χ3v) is 2.95. The van der Waals surface area contributed by atoms with Crippen molar-refractivity contribution in [2.24, 2.45) is 0 Å². The van der Waals surface area contributed by atoms with E-state index in [0.29, 0.717) is 0 Å². The smallest absolute Gasteiger partial charge is 0.450 e. The van der Waals surface area contributed by atoms with Crippen LogP contribution in [0.5, 0.6) is 0 Å². The van der Waals surface area contributed by atoms with Gasteiger partial charge < -0.3 is 15.1 Å². The molecule has 0 atom stereocenters. The molecule has 2 rings (SSSR count). The molecule has 1 amide bonds. The van der Waals surface area contributed by atoms with Crippen LogP contribution in [0.25, 0.3) is 0 Å². The topological polar surface area (TPSA) is 77.8 Å². The lowest BCUT2D eigenvalue weighted by Crippen LogP contribution is -2.28. The maximum atomic E-state index is 12.4. The molecule has 2 N–H and O–H groups in total. The predicted octanol–water partition coefficient (Wildman–Crippen LogP) is 3.13. The molecule has 116 valence electrons. The van der Waals surface area contributed by atoms with Crippen LogP contribution in [-0.4, -0.2) is 41.3 Å². The van der Waals surface area contributed by atoms with Gasteiger partial charge in [0.05, 0.1) is 5.92 Å². The Morgan fingerprint density at radius 2 is 1.14 bits per heavy atom. The van der Waals surface area contributed by atoms with Gasteiger partial charge in [0, 0.05) is 14.1 Å². The highest BCUT2D eigenvalue weighted by Crippen LogP contribution is 2.25. The molecule has 0 aliphatic heterocycles. The zero-order valence-corrected chi connectivity index (χ0v) is 12.5. The van der Waals surface area contributed by atoms with Gasteiger partial charge in [-0.05, 0) is 11.1 Å². The molecule has 0 heterocycles. The summed E-state index contributed by atoms with van der Waals surface area (Å²) in [5.74, 6) is -0.116. The Morgan fingerprint density at radius 1 is 0.818 bits per heavy atom. The molecular formula is C17H19NO4. The van der Waals surface area contributed by atoms with Crippen LogP contribution in [0.2, 0.25) is 0 Å². The van der Waals surface area contributed by atoms with Crippen molar-refractivity contribution in [1.82, 2.24) is 4.90 Å². The van der Waals surface area contributed by atoms with Crippen LogP contribution in [0.15, 0.2) is 60.7 Å². The van der Waals surface area contributed by atoms with Gasteiger partial charge in [0.2, 0.25) is 5.91 Å². The number of benzene rings is 2. The van der Waals surface area contributed by atoms with Gasteiger partial charge in [-0.2, -0.15) is 0 Å². The van der Waals surface area contributed by atoms with Crippen molar-refractivity contribution in [1.29, 1.82) is 0 Å². The molecule has 0 aliphatic carbocycles. The molecule has 0 bridgehead atoms. The van der Waals surface area contributed by atoms with Crippen molar-refractivity contribution in [3.8, 4) is 0 Å². The fraction of sp³-hybridized carbons (Fsp3) is 0.176. The van der Waals surface area contributed by atoms with Crippen LogP contribution in [0.3, 0.4) is 0 Å². The van der Waals surface area contributed by atoms with Gasteiger partial charge in [-0.15, -0.1) is 0 Å². The standard InChI is InChI=1S/C16H17NO.CH2O3/c1-17(2)16(18)15(13-9-5-3-6-10-13)14-11-7-4-8-12-14;2-1(3)4/h3-12,15H,1-2H3;(H2,2,3,4). The molecule has 0 saturated carbocycles. The van der Waals surface area contributed by atoms with Crippen molar-refractivity contribution in [3.63, 3.8) is 0 Å². The third kappa shape index (κ3) is 5.28. The minimum Gasteiger partial charge on any atom is -0.450 e. The highest BCUT2D eigenvalue weighted by atomic mass is 16.6. The van der Waals surface area contributed by atoms with Crippen molar-refractivity contribution < 1.29 is 19.8 Å². The van der Waals surface area contributed by atoms with E-state index in [0.717, 1.165) is 11.1 Å². The van der Waals surface area contributed by atoms with Crippen molar-refractivity contribution in [2.75, 3.05) is 14.1 Å². The highest BCUT2D eigenvalue weighted by molar-refractivity contribution is 5.86. The number of hydrogen-bond acceptors (Lipinski definition) is 2. The Morgan fingerprint density at radius 3 is 1.41 bits per heavy atom. The van der Waals surface area contributed by atoms with Crippen molar-refractivity contribution in [2.45, 2.75) is 5.92 Å². The lowest BCUT2D eigenvalue weighted by Gasteiger charge is -2.21. The van der Waals surface area contributed by atoms with Gasteiger partial charge in [0.1, 0.15) is 0 Å². The fourth-order valence-corrected chi connectivity index (χ4v) is 2.03. The summed E-state index contributed by atoms with van der Waals surface area (Å²) in [4.78, 5) is 22.6. The lowest BCUT2D eigenvalue weighted by molar-refractivity contribution is -0.129. The maximum Gasteiger partial charge on any atom is 0.503 e. The normalized spacial score (nSPS) is 9.59. The largest absolute Gasteiger partial charge is 0.503 e. The van der Waals surface area contributed by atoms with Crippen LogP contribution in [0.4, 0.5) is 4.79 Å². The third-order valence-electron chi connectivity index (χ3n) is 2.95. The molecule has 0 fully saturated rings. The second kappa shape index (κ2) is 8.46. The van der Waals surface area contributed by atoms with E-state index < -0.39 is 6.16 Å². The molecule has 5 nitrogen and oxygen atoms in total. The minimum atomic E-state index is -1.83. The van der Waals surface area contributed by atoms with Crippen LogP contribution >= 0.6 is 0 Å². The number of amides is 1. The molecular weight excluding hydrogens is 282 g/mol. The fourth-order valence-electron chi connectivity index (χ4n) is 2.03. The number of carbonyl (C=O) groups excluding carboxylic acids is 1. The molecule has 0 saturated heterocycles. The minimum absolute atomic E-state index is 0.104. The van der Waals surface area contributed by atoms with Gasteiger partial charge in [0.25, 0.3) is 0 Å². The van der Waals surface area contributed by atoms with Gasteiger partial charge in [0.15, 0.2) is 0 Å². The molecule has 0 unspecified atom stereocenters. The Kier molecular flexibility index (Phi) is 6.63. The summed E-state index contributed by atoms with van der Waals surface area (Å²) < 4.78 is 0. The van der Waals surface area contributed by atoms with Gasteiger partial charge in [-0.3, -0.25) is 4.79 Å². The number of rotatable bonds is 3. The molecule has 2 aromatic rings. The number of hydrogen-bond donors (Lipinski definition) is 2. The molecule has 5 heteroatoms. The van der Waals surface area contributed by atoms with E-state index in [-0.39, 0.29) is 11.8 Å². The van der Waals surface area contributed by atoms with Crippen LogP contribution in [0, 0.1) is 0 Å². The summed E-state index contributed by atoms with van der Waals surface area (Å²) in [5, 5.41) is 13.9. The summed E-state index contributed by atoms with van der Waals surface area (Å²) in [6.07, 6.45) is -1.83. The lowest BCUT2D eigenvalue weighted by atomic mass is 9.90. The first kappa shape index (κ1) is 17.2. The summed E-state index contributed by atoms with van der Waals surface area (Å²) in [7, 11) is 3.59. The zero-order valence-electron chi connectivity index (χ0n) is 12.5. The second-order valence-corrected chi connectivity index (χ2v) is 4.77. The van der Waals surface area contributed by atoms with Crippen LogP contribution in [0.1, 0.15) is 17.0 Å². The summed E-state index contributed by atoms with van der Waals surface area (Å²) >= 11 is 0. The Labute approximate surface area is 129 Å². The van der Waals surface area contributed by atoms with Gasteiger partial charge in [-0.1, -0.05) is 60.7 Å². The van der Waals surface area contributed by atoms with Crippen LogP contribution in [-0.2, 0) is 4.79 Å². The Bertz CT molecular complexity index is 553. The predicted molar refractivity (Wildman–Crippen MR) is 84.1 cm³/mol. The zero-order chi connectivity index (χ0) is 16.5. The van der Waals surface area contributed by atoms with Gasteiger partial charge >= 0.3 is 6.16 Å². The molecule has 0 aromatic heterocycles. The second-order valence-electron chi connectivity index (χ2n) is 4.77. The van der Waals surface area contributed by atoms with E-state index in [1.165, 1.54) is 0 Å². The highest BCUT2D eigenvalue weighted by Gasteiger charge is 2.23. The molecule has 22 heavy (non-hydrogen) atoms. The monoisotopic (exact) mass is 301 g/mol. The molecule has 0 aliphatic rings. The molecule has 0 spiro atoms. The number of nitrogens with zero attached hydrogens (tertiary/aromatic N) is 1. The Hall–Kier alpha value is -2.82. The van der Waals surface area contributed by atoms with E-state index >= 15 is 0 Å². The first-order chi connectivity index (χ1) is 10.4. The van der Waals surface area contributed by atoms with E-state index in [1.54, 1.807) is 19.0 Å². The van der Waals surface area contributed by atoms with Crippen molar-refractivity contribution in [3.05, 3.63) is 71.8 Å². The average Bonchev–Trinajstić information content (AvgIpc) is 2.49. The first-order valence-corrected chi connectivity index (χ1v) is 6.66. The van der Waals surface area contributed by atoms with E-state index in [1.807, 2.05) is 60.7 Å². The number of likely N-dealkylation sites (N-methyl/N-ethyl adjacent to an activating group) is 1. The first-order valence-electron chi connectivity index (χ1n) is 6.66. The maximum absolute atomic E-state index is 12.4. The number of carbonyl (C=O) groups is 2. The van der Waals surface area contributed by atoms with E-state index in [2.05, 4.69) is 0 Å². The molecule has 2 aromatic carbocycles. The summed E-state index contributed by atoms with van der Waals surface area (Å²) in [6, 6.07) is 19.8. The molecule has 0 radical (unpaired) electrons.